The molecule has 0 aromatic heterocycles. The summed E-state index contributed by atoms with van der Waals surface area (Å²) in [4.78, 5) is 11.1. The van der Waals surface area contributed by atoms with Crippen LogP contribution in [0.4, 0.5) is 0 Å². The molecule has 0 saturated heterocycles. The number of carbonyl (C=O) groups excluding carboxylic acids is 1. The molecule has 0 N–H and O–H groups in total. The lowest BCUT2D eigenvalue weighted by atomic mass is 9.97. The van der Waals surface area contributed by atoms with Crippen LogP contribution in [0, 0.1) is 0 Å². The number of carbonyl (C=O) groups is 1. The van der Waals surface area contributed by atoms with E-state index in [1.807, 2.05) is 31.2 Å². The van der Waals surface area contributed by atoms with E-state index in [1.54, 1.807) is 0 Å². The summed E-state index contributed by atoms with van der Waals surface area (Å²) in [6, 6.07) is 7.63. The monoisotopic (exact) mass is 278 g/mol. The lowest BCUT2D eigenvalue weighted by Gasteiger charge is -2.21. The van der Waals surface area contributed by atoms with Crippen molar-refractivity contribution in [1.29, 1.82) is 0 Å². The van der Waals surface area contributed by atoms with E-state index in [2.05, 4.69) is 0 Å². The first-order valence-electron chi connectivity index (χ1n) is 7.27. The Labute approximate surface area is 120 Å². The van der Waals surface area contributed by atoms with Crippen LogP contribution in [0.3, 0.4) is 0 Å². The second kappa shape index (κ2) is 7.90. The van der Waals surface area contributed by atoms with Crippen LogP contribution >= 0.6 is 0 Å². The minimum atomic E-state index is 0.207. The molecule has 20 heavy (non-hydrogen) atoms. The minimum Gasteiger partial charge on any atom is -0.490 e. The maximum atomic E-state index is 11.1. The van der Waals surface area contributed by atoms with E-state index in [0.717, 1.165) is 24.3 Å². The molecular weight excluding hydrogens is 256 g/mol. The first-order chi connectivity index (χ1) is 9.79. The highest BCUT2D eigenvalue weighted by Gasteiger charge is 2.18. The molecule has 1 aromatic rings. The number of ether oxygens (including phenoxy) is 3. The molecular formula is C16H22O4. The third kappa shape index (κ3) is 4.53. The van der Waals surface area contributed by atoms with Crippen LogP contribution in [0.25, 0.3) is 0 Å². The third-order valence-electron chi connectivity index (χ3n) is 3.33. The highest BCUT2D eigenvalue weighted by Crippen LogP contribution is 2.26. The van der Waals surface area contributed by atoms with Crippen molar-refractivity contribution in [1.82, 2.24) is 0 Å². The van der Waals surface area contributed by atoms with Crippen LogP contribution < -0.4 is 9.47 Å². The number of hydrogen-bond acceptors (Lipinski definition) is 4. The molecule has 1 fully saturated rings. The summed E-state index contributed by atoms with van der Waals surface area (Å²) >= 11 is 0. The van der Waals surface area contributed by atoms with Gasteiger partial charge < -0.3 is 14.2 Å². The molecule has 1 aliphatic carbocycles. The normalized spacial score (nSPS) is 16.1. The fourth-order valence-corrected chi connectivity index (χ4v) is 2.29. The summed E-state index contributed by atoms with van der Waals surface area (Å²) in [5, 5.41) is 0. The van der Waals surface area contributed by atoms with Gasteiger partial charge in [-0.3, -0.25) is 4.79 Å². The Balaban J connectivity index is 1.69. The van der Waals surface area contributed by atoms with Crippen molar-refractivity contribution in [2.45, 2.75) is 38.7 Å². The fourth-order valence-electron chi connectivity index (χ4n) is 2.29. The summed E-state index contributed by atoms with van der Waals surface area (Å²) in [5.41, 5.74) is 0. The number of para-hydroxylation sites is 2. The number of ketones is 1. The molecule has 4 nitrogen and oxygen atoms in total. The van der Waals surface area contributed by atoms with Crippen LogP contribution in [-0.4, -0.2) is 31.7 Å². The Morgan fingerprint density at radius 1 is 1.05 bits per heavy atom. The van der Waals surface area contributed by atoms with Crippen LogP contribution in [-0.2, 0) is 9.53 Å². The van der Waals surface area contributed by atoms with E-state index in [1.165, 1.54) is 0 Å². The van der Waals surface area contributed by atoms with Crippen LogP contribution in [0.5, 0.6) is 11.5 Å². The second-order valence-corrected chi connectivity index (χ2v) is 4.84. The van der Waals surface area contributed by atoms with E-state index in [-0.39, 0.29) is 6.10 Å². The average Bonchev–Trinajstić information content (AvgIpc) is 2.47. The summed E-state index contributed by atoms with van der Waals surface area (Å²) in [6.07, 6.45) is 3.19. The van der Waals surface area contributed by atoms with Gasteiger partial charge in [-0.1, -0.05) is 12.1 Å². The molecule has 0 unspecified atom stereocenters. The molecule has 0 heterocycles. The van der Waals surface area contributed by atoms with E-state index in [0.29, 0.717) is 38.4 Å². The largest absolute Gasteiger partial charge is 0.490 e. The van der Waals surface area contributed by atoms with Crippen molar-refractivity contribution in [2.75, 3.05) is 19.8 Å². The maximum Gasteiger partial charge on any atom is 0.161 e. The Kier molecular flexibility index (Phi) is 5.87. The van der Waals surface area contributed by atoms with Gasteiger partial charge in [-0.2, -0.15) is 0 Å². The van der Waals surface area contributed by atoms with E-state index in [9.17, 15) is 4.79 Å². The third-order valence-corrected chi connectivity index (χ3v) is 3.33. The molecule has 1 aliphatic rings. The summed E-state index contributed by atoms with van der Waals surface area (Å²) in [5.74, 6) is 1.86. The minimum absolute atomic E-state index is 0.207. The Bertz CT molecular complexity index is 420. The molecule has 0 amide bonds. The highest BCUT2D eigenvalue weighted by atomic mass is 16.5. The van der Waals surface area contributed by atoms with Gasteiger partial charge in [0.1, 0.15) is 12.4 Å². The molecule has 0 atom stereocenters. The maximum absolute atomic E-state index is 11.1. The standard InChI is InChI=1S/C16H22O4/c1-2-18-15-5-3-4-6-16(15)20-12-11-19-14-9-7-13(17)8-10-14/h3-6,14H,2,7-12H2,1H3. The number of benzene rings is 1. The van der Waals surface area contributed by atoms with Crippen molar-refractivity contribution in [3.05, 3.63) is 24.3 Å². The van der Waals surface area contributed by atoms with Gasteiger partial charge in [-0.05, 0) is 31.9 Å². The van der Waals surface area contributed by atoms with Crippen molar-refractivity contribution in [3.8, 4) is 11.5 Å². The molecule has 2 rings (SSSR count). The predicted molar refractivity (Wildman–Crippen MR) is 76.3 cm³/mol. The van der Waals surface area contributed by atoms with Gasteiger partial charge in [0.2, 0.25) is 0 Å². The molecule has 1 aromatic carbocycles. The van der Waals surface area contributed by atoms with Crippen molar-refractivity contribution >= 4 is 5.78 Å². The van der Waals surface area contributed by atoms with Crippen molar-refractivity contribution < 1.29 is 19.0 Å². The van der Waals surface area contributed by atoms with E-state index < -0.39 is 0 Å². The molecule has 0 spiro atoms. The van der Waals surface area contributed by atoms with Crippen LogP contribution in [0.1, 0.15) is 32.6 Å². The molecule has 0 radical (unpaired) electrons. The topological polar surface area (TPSA) is 44.8 Å². The number of rotatable bonds is 7. The summed E-state index contributed by atoms with van der Waals surface area (Å²) in [7, 11) is 0. The molecule has 1 saturated carbocycles. The Hall–Kier alpha value is -1.55. The van der Waals surface area contributed by atoms with Gasteiger partial charge >= 0.3 is 0 Å². The van der Waals surface area contributed by atoms with Gasteiger partial charge in [0.15, 0.2) is 11.5 Å². The number of hydrogen-bond donors (Lipinski definition) is 0. The zero-order valence-corrected chi connectivity index (χ0v) is 12.0. The van der Waals surface area contributed by atoms with E-state index >= 15 is 0 Å². The second-order valence-electron chi connectivity index (χ2n) is 4.84. The zero-order valence-electron chi connectivity index (χ0n) is 12.0. The first kappa shape index (κ1) is 14.9. The van der Waals surface area contributed by atoms with E-state index in [4.69, 9.17) is 14.2 Å². The van der Waals surface area contributed by atoms with Crippen molar-refractivity contribution in [2.24, 2.45) is 0 Å². The van der Waals surface area contributed by atoms with Gasteiger partial charge in [0.25, 0.3) is 0 Å². The SMILES string of the molecule is CCOc1ccccc1OCCOC1CCC(=O)CC1. The molecule has 110 valence electrons. The fraction of sp³-hybridized carbons (Fsp3) is 0.562. The van der Waals surface area contributed by atoms with Gasteiger partial charge in [-0.15, -0.1) is 0 Å². The lowest BCUT2D eigenvalue weighted by Crippen LogP contribution is -2.23. The van der Waals surface area contributed by atoms with Crippen LogP contribution in [0.2, 0.25) is 0 Å². The lowest BCUT2D eigenvalue weighted by molar-refractivity contribution is -0.123. The van der Waals surface area contributed by atoms with Gasteiger partial charge in [0.05, 0.1) is 19.3 Å². The molecule has 0 bridgehead atoms. The first-order valence-corrected chi connectivity index (χ1v) is 7.27. The Morgan fingerprint density at radius 3 is 2.35 bits per heavy atom. The van der Waals surface area contributed by atoms with Crippen LogP contribution in [0.15, 0.2) is 24.3 Å². The smallest absolute Gasteiger partial charge is 0.161 e. The summed E-state index contributed by atoms with van der Waals surface area (Å²) < 4.78 is 16.9. The highest BCUT2D eigenvalue weighted by molar-refractivity contribution is 5.79. The molecule has 0 aliphatic heterocycles. The average molecular weight is 278 g/mol. The van der Waals surface area contributed by atoms with Gasteiger partial charge in [-0.25, -0.2) is 0 Å². The molecule has 4 heteroatoms. The zero-order chi connectivity index (χ0) is 14.2. The number of Topliss-reactive ketones (excluding diaryl/α,β-unsaturated/α-hetero) is 1. The van der Waals surface area contributed by atoms with Crippen molar-refractivity contribution in [3.63, 3.8) is 0 Å². The quantitative estimate of drug-likeness (QED) is 0.719. The van der Waals surface area contributed by atoms with Gasteiger partial charge in [0, 0.05) is 12.8 Å². The summed E-state index contributed by atoms with van der Waals surface area (Å²) in [6.45, 7) is 3.60. The Morgan fingerprint density at radius 2 is 1.70 bits per heavy atom. The predicted octanol–water partition coefficient (Wildman–Crippen LogP) is 2.99.